The van der Waals surface area contributed by atoms with Gasteiger partial charge in [-0.15, -0.1) is 0 Å². The molecule has 0 aliphatic heterocycles. The van der Waals surface area contributed by atoms with Gasteiger partial charge in [-0.05, 0) is 41.0 Å². The Hall–Kier alpha value is -2.87. The quantitative estimate of drug-likeness (QED) is 0.350. The van der Waals surface area contributed by atoms with Crippen LogP contribution in [0.5, 0.6) is 0 Å². The topological polar surface area (TPSA) is 62.2 Å². The number of hydrogen-bond donors (Lipinski definition) is 2. The summed E-state index contributed by atoms with van der Waals surface area (Å²) in [5, 5.41) is 4.14. The van der Waals surface area contributed by atoms with Crippen molar-refractivity contribution >= 4 is 27.5 Å². The fourth-order valence-corrected chi connectivity index (χ4v) is 4.53. The van der Waals surface area contributed by atoms with Gasteiger partial charge in [0.05, 0.1) is 16.3 Å². The summed E-state index contributed by atoms with van der Waals surface area (Å²) in [7, 11) is 0. The zero-order valence-electron chi connectivity index (χ0n) is 15.9. The molecule has 1 atom stereocenters. The Morgan fingerprint density at radius 2 is 1.57 bits per heavy atom. The first-order chi connectivity index (χ1) is 14.6. The van der Waals surface area contributed by atoms with Crippen LogP contribution < -0.4 is 5.32 Å². The van der Waals surface area contributed by atoms with Gasteiger partial charge in [-0.2, -0.15) is 0 Å². The summed E-state index contributed by atoms with van der Waals surface area (Å²) in [6.07, 6.45) is 0. The zero-order valence-corrected chi connectivity index (χ0v) is 17.5. The van der Waals surface area contributed by atoms with E-state index in [1.54, 1.807) is 12.1 Å². The van der Waals surface area contributed by atoms with Crippen LogP contribution in [0.1, 0.15) is 11.1 Å². The molecule has 30 heavy (non-hydrogen) atoms. The standard InChI is InChI=1S/C23H19FN2O2S2/c24-20-12-10-18(11-13-20)21-22(19-8-6-17(7-9-19)15-30(27)28)29-23(26-21)25-14-16-4-2-1-3-5-16/h1-13H,14-15H2,(H,25,26)(H,27,28). The molecule has 0 amide bonds. The Morgan fingerprint density at radius 1 is 0.900 bits per heavy atom. The Labute approximate surface area is 180 Å². The van der Waals surface area contributed by atoms with Gasteiger partial charge in [-0.1, -0.05) is 65.9 Å². The molecule has 0 aliphatic carbocycles. The van der Waals surface area contributed by atoms with E-state index in [0.717, 1.165) is 38.0 Å². The van der Waals surface area contributed by atoms with Crippen molar-refractivity contribution in [2.75, 3.05) is 5.32 Å². The third kappa shape index (κ3) is 4.99. The second-order valence-corrected chi connectivity index (χ2v) is 8.64. The SMILES string of the molecule is O=S(O)Cc1ccc(-c2sc(NCc3ccccc3)nc2-c2ccc(F)cc2)cc1. The van der Waals surface area contributed by atoms with E-state index in [4.69, 9.17) is 9.54 Å². The summed E-state index contributed by atoms with van der Waals surface area (Å²) in [5.74, 6) is -0.197. The molecule has 4 rings (SSSR count). The van der Waals surface area contributed by atoms with Crippen LogP contribution in [0.2, 0.25) is 0 Å². The molecular formula is C23H19FN2O2S2. The molecule has 0 spiro atoms. The fraction of sp³-hybridized carbons (Fsp3) is 0.0870. The van der Waals surface area contributed by atoms with Gasteiger partial charge in [0.2, 0.25) is 0 Å². The van der Waals surface area contributed by atoms with Gasteiger partial charge in [0.15, 0.2) is 16.2 Å². The van der Waals surface area contributed by atoms with Crippen LogP contribution in [0, 0.1) is 5.82 Å². The number of halogens is 1. The van der Waals surface area contributed by atoms with Gasteiger partial charge < -0.3 is 9.87 Å². The van der Waals surface area contributed by atoms with Gasteiger partial charge in [0, 0.05) is 12.1 Å². The van der Waals surface area contributed by atoms with Crippen molar-refractivity contribution < 1.29 is 13.2 Å². The monoisotopic (exact) mass is 438 g/mol. The summed E-state index contributed by atoms with van der Waals surface area (Å²) < 4.78 is 33.5. The molecule has 1 heterocycles. The Kier molecular flexibility index (Phi) is 6.32. The summed E-state index contributed by atoms with van der Waals surface area (Å²) in [4.78, 5) is 5.72. The number of thiazole rings is 1. The van der Waals surface area contributed by atoms with Crippen LogP contribution in [0.3, 0.4) is 0 Å². The minimum Gasteiger partial charge on any atom is -0.357 e. The predicted molar refractivity (Wildman–Crippen MR) is 121 cm³/mol. The van der Waals surface area contributed by atoms with Gasteiger partial charge in [-0.25, -0.2) is 13.6 Å². The van der Waals surface area contributed by atoms with Gasteiger partial charge >= 0.3 is 0 Å². The third-order valence-corrected chi connectivity index (χ3v) is 6.18. The molecule has 1 aromatic heterocycles. The zero-order chi connectivity index (χ0) is 20.9. The molecule has 0 saturated carbocycles. The van der Waals surface area contributed by atoms with Crippen LogP contribution >= 0.6 is 11.3 Å². The largest absolute Gasteiger partial charge is 0.357 e. The normalized spacial score (nSPS) is 11.9. The maximum Gasteiger partial charge on any atom is 0.184 e. The lowest BCUT2D eigenvalue weighted by Crippen LogP contribution is -1.98. The van der Waals surface area contributed by atoms with Gasteiger partial charge in [0.1, 0.15) is 5.82 Å². The summed E-state index contributed by atoms with van der Waals surface area (Å²) in [6.45, 7) is 0.651. The van der Waals surface area contributed by atoms with Crippen molar-refractivity contribution in [3.05, 3.63) is 95.8 Å². The molecule has 152 valence electrons. The maximum absolute atomic E-state index is 13.4. The van der Waals surface area contributed by atoms with E-state index >= 15 is 0 Å². The number of benzene rings is 3. The number of rotatable bonds is 7. The average molecular weight is 439 g/mol. The minimum absolute atomic E-state index is 0.0949. The molecule has 0 saturated heterocycles. The van der Waals surface area contributed by atoms with E-state index in [1.807, 2.05) is 54.6 Å². The van der Waals surface area contributed by atoms with Crippen LogP contribution in [0.15, 0.2) is 78.9 Å². The Morgan fingerprint density at radius 3 is 2.23 bits per heavy atom. The molecule has 0 radical (unpaired) electrons. The lowest BCUT2D eigenvalue weighted by Gasteiger charge is -2.04. The molecule has 2 N–H and O–H groups in total. The Bertz CT molecular complexity index is 1140. The molecule has 1 unspecified atom stereocenters. The highest BCUT2D eigenvalue weighted by atomic mass is 32.2. The lowest BCUT2D eigenvalue weighted by molar-refractivity contribution is 0.563. The predicted octanol–water partition coefficient (Wildman–Crippen LogP) is 5.95. The van der Waals surface area contributed by atoms with Crippen LogP contribution in [-0.4, -0.2) is 13.7 Å². The summed E-state index contributed by atoms with van der Waals surface area (Å²) in [6, 6.07) is 23.9. The van der Waals surface area contributed by atoms with Crippen LogP contribution in [0.4, 0.5) is 9.52 Å². The highest BCUT2D eigenvalue weighted by Gasteiger charge is 2.15. The van der Waals surface area contributed by atoms with E-state index in [1.165, 1.54) is 23.5 Å². The van der Waals surface area contributed by atoms with Crippen molar-refractivity contribution in [2.45, 2.75) is 12.3 Å². The molecule has 0 bridgehead atoms. The van der Waals surface area contributed by atoms with Gasteiger partial charge in [0.25, 0.3) is 0 Å². The number of nitrogens with one attached hydrogen (secondary N) is 1. The number of anilines is 1. The van der Waals surface area contributed by atoms with E-state index in [9.17, 15) is 8.60 Å². The molecule has 4 nitrogen and oxygen atoms in total. The highest BCUT2D eigenvalue weighted by Crippen LogP contribution is 2.39. The molecule has 0 fully saturated rings. The fourth-order valence-electron chi connectivity index (χ4n) is 3.06. The molecule has 7 heteroatoms. The average Bonchev–Trinajstić information content (AvgIpc) is 3.18. The van der Waals surface area contributed by atoms with Crippen molar-refractivity contribution in [1.82, 2.24) is 4.98 Å². The van der Waals surface area contributed by atoms with Gasteiger partial charge in [-0.3, -0.25) is 0 Å². The van der Waals surface area contributed by atoms with Crippen molar-refractivity contribution in [2.24, 2.45) is 0 Å². The molecule has 4 aromatic rings. The first-order valence-electron chi connectivity index (χ1n) is 9.30. The first-order valence-corrected chi connectivity index (χ1v) is 11.4. The smallest absolute Gasteiger partial charge is 0.184 e. The van der Waals surface area contributed by atoms with Crippen molar-refractivity contribution in [1.29, 1.82) is 0 Å². The van der Waals surface area contributed by atoms with Crippen molar-refractivity contribution in [3.63, 3.8) is 0 Å². The molecule has 0 aliphatic rings. The van der Waals surface area contributed by atoms with Crippen LogP contribution in [-0.2, 0) is 23.4 Å². The summed E-state index contributed by atoms with van der Waals surface area (Å²) >= 11 is -0.351. The maximum atomic E-state index is 13.4. The first kappa shape index (κ1) is 20.4. The second-order valence-electron chi connectivity index (χ2n) is 6.71. The lowest BCUT2D eigenvalue weighted by atomic mass is 10.1. The molecular weight excluding hydrogens is 419 g/mol. The van der Waals surface area contributed by atoms with Crippen LogP contribution in [0.25, 0.3) is 21.7 Å². The van der Waals surface area contributed by atoms with E-state index in [2.05, 4.69) is 5.32 Å². The van der Waals surface area contributed by atoms with E-state index in [0.29, 0.717) is 6.54 Å². The van der Waals surface area contributed by atoms with E-state index in [-0.39, 0.29) is 11.6 Å². The van der Waals surface area contributed by atoms with E-state index < -0.39 is 11.1 Å². The Balaban J connectivity index is 1.67. The third-order valence-electron chi connectivity index (χ3n) is 4.54. The number of nitrogens with zero attached hydrogens (tertiary/aromatic N) is 1. The highest BCUT2D eigenvalue weighted by molar-refractivity contribution is 7.78. The molecule has 3 aromatic carbocycles. The summed E-state index contributed by atoms with van der Waals surface area (Å²) in [5.41, 5.74) is 4.49. The number of hydrogen-bond acceptors (Lipinski definition) is 4. The van der Waals surface area contributed by atoms with Crippen molar-refractivity contribution in [3.8, 4) is 21.7 Å². The minimum atomic E-state index is -1.88. The second kappa shape index (κ2) is 9.30. The number of aromatic nitrogens is 1.